The van der Waals surface area contributed by atoms with Gasteiger partial charge in [0.05, 0.1) is 5.41 Å². The third-order valence-electron chi connectivity index (χ3n) is 10.7. The highest BCUT2D eigenvalue weighted by Crippen LogP contribution is 2.64. The first-order valence-electron chi connectivity index (χ1n) is 16.0. The number of hydrogen-bond acceptors (Lipinski definition) is 1. The van der Waals surface area contributed by atoms with Gasteiger partial charge in [0.2, 0.25) is 0 Å². The number of fused-ring (bicyclic) bond motifs is 14. The van der Waals surface area contributed by atoms with Crippen LogP contribution in [0, 0.1) is 0 Å². The van der Waals surface area contributed by atoms with Crippen LogP contribution in [0.1, 0.15) is 22.3 Å². The highest BCUT2D eigenvalue weighted by Gasteiger charge is 2.52. The van der Waals surface area contributed by atoms with Gasteiger partial charge in [0.1, 0.15) is 11.5 Å². The Hall–Kier alpha value is -5.92. The largest absolute Gasteiger partial charge is 0.456 e. The van der Waals surface area contributed by atoms with Gasteiger partial charge in [-0.1, -0.05) is 140 Å². The molecule has 1 heteroatoms. The zero-order valence-electron chi connectivity index (χ0n) is 24.9. The minimum absolute atomic E-state index is 0.380. The molecule has 1 unspecified atom stereocenters. The van der Waals surface area contributed by atoms with E-state index in [4.69, 9.17) is 4.74 Å². The summed E-state index contributed by atoms with van der Waals surface area (Å²) in [4.78, 5) is 0. The summed E-state index contributed by atoms with van der Waals surface area (Å²) in [5, 5.41) is 5.00. The molecule has 212 valence electrons. The molecular weight excluding hydrogens is 556 g/mol. The molecule has 0 amide bonds. The molecule has 1 atom stereocenters. The average molecular weight is 583 g/mol. The molecule has 1 nitrogen and oxygen atoms in total. The van der Waals surface area contributed by atoms with Crippen molar-refractivity contribution in [1.29, 1.82) is 0 Å². The van der Waals surface area contributed by atoms with E-state index in [9.17, 15) is 0 Å². The van der Waals surface area contributed by atoms with E-state index in [1.807, 2.05) is 6.07 Å². The Morgan fingerprint density at radius 2 is 1.02 bits per heavy atom. The number of rotatable bonds is 1. The molecule has 1 spiro atoms. The molecule has 0 aromatic heterocycles. The molecule has 46 heavy (non-hydrogen) atoms. The second-order valence-electron chi connectivity index (χ2n) is 12.7. The van der Waals surface area contributed by atoms with E-state index in [2.05, 4.69) is 152 Å². The molecular formula is C45H26O. The molecule has 1 heterocycles. The number of hydrogen-bond donors (Lipinski definition) is 0. The summed E-state index contributed by atoms with van der Waals surface area (Å²) in [5.74, 6) is 1.84. The second-order valence-corrected chi connectivity index (χ2v) is 12.7. The fraction of sp³-hybridized carbons (Fsp3) is 0.0222. The molecule has 0 radical (unpaired) electrons. The monoisotopic (exact) mass is 582 g/mol. The van der Waals surface area contributed by atoms with Gasteiger partial charge in [0, 0.05) is 10.9 Å². The van der Waals surface area contributed by atoms with Crippen molar-refractivity contribution in [3.8, 4) is 56.0 Å². The van der Waals surface area contributed by atoms with Gasteiger partial charge in [-0.05, 0) is 95.6 Å². The van der Waals surface area contributed by atoms with Gasteiger partial charge in [0.25, 0.3) is 0 Å². The summed E-state index contributed by atoms with van der Waals surface area (Å²) in [6.07, 6.45) is 0. The van der Waals surface area contributed by atoms with Crippen molar-refractivity contribution in [2.45, 2.75) is 5.41 Å². The number of ether oxygens (including phenoxy) is 1. The molecule has 0 fully saturated rings. The van der Waals surface area contributed by atoms with Crippen LogP contribution in [0.3, 0.4) is 0 Å². The van der Waals surface area contributed by atoms with Crippen molar-refractivity contribution in [3.05, 3.63) is 180 Å². The highest BCUT2D eigenvalue weighted by atomic mass is 16.5. The molecule has 8 aromatic carbocycles. The molecule has 2 aliphatic carbocycles. The lowest BCUT2D eigenvalue weighted by Crippen LogP contribution is -2.26. The molecule has 0 saturated carbocycles. The Morgan fingerprint density at radius 3 is 1.89 bits per heavy atom. The molecule has 3 aliphatic rings. The van der Waals surface area contributed by atoms with Gasteiger partial charge in [0.15, 0.2) is 0 Å². The number of para-hydroxylation sites is 1. The Morgan fingerprint density at radius 1 is 0.370 bits per heavy atom. The fourth-order valence-electron chi connectivity index (χ4n) is 8.92. The summed E-state index contributed by atoms with van der Waals surface area (Å²) >= 11 is 0. The van der Waals surface area contributed by atoms with Crippen LogP contribution in [-0.4, -0.2) is 0 Å². The van der Waals surface area contributed by atoms with E-state index < -0.39 is 0 Å². The van der Waals surface area contributed by atoms with Gasteiger partial charge < -0.3 is 4.74 Å². The maximum Gasteiger partial charge on any atom is 0.135 e. The SMILES string of the molecule is c1ccc2c(c1)Oc1ccc(-c3ccc4c(c3)-c3ccccc3C43c4ccccc4-c4ccc5ccccc5c43)c3cccc-2c13. The van der Waals surface area contributed by atoms with Gasteiger partial charge in [-0.15, -0.1) is 0 Å². The zero-order chi connectivity index (χ0) is 30.0. The van der Waals surface area contributed by atoms with Crippen LogP contribution in [0.15, 0.2) is 158 Å². The number of benzene rings is 8. The van der Waals surface area contributed by atoms with Crippen LogP contribution in [0.2, 0.25) is 0 Å². The van der Waals surface area contributed by atoms with Crippen molar-refractivity contribution >= 4 is 21.5 Å². The van der Waals surface area contributed by atoms with Crippen LogP contribution < -0.4 is 4.74 Å². The highest BCUT2D eigenvalue weighted by molar-refractivity contribution is 6.10. The summed E-state index contributed by atoms with van der Waals surface area (Å²) < 4.78 is 6.43. The van der Waals surface area contributed by atoms with E-state index in [0.717, 1.165) is 17.1 Å². The smallest absolute Gasteiger partial charge is 0.135 e. The molecule has 0 saturated heterocycles. The van der Waals surface area contributed by atoms with Crippen LogP contribution in [0.4, 0.5) is 0 Å². The minimum atomic E-state index is -0.380. The normalized spacial score (nSPS) is 16.1. The quantitative estimate of drug-likeness (QED) is 0.187. The maximum atomic E-state index is 6.43. The van der Waals surface area contributed by atoms with E-state index in [1.165, 1.54) is 82.7 Å². The van der Waals surface area contributed by atoms with Crippen LogP contribution in [-0.2, 0) is 5.41 Å². The van der Waals surface area contributed by atoms with Crippen molar-refractivity contribution in [2.24, 2.45) is 0 Å². The second kappa shape index (κ2) is 8.62. The lowest BCUT2D eigenvalue weighted by Gasteiger charge is -2.31. The van der Waals surface area contributed by atoms with Crippen LogP contribution in [0.25, 0.3) is 66.1 Å². The maximum absolute atomic E-state index is 6.43. The Bertz CT molecular complexity index is 2630. The lowest BCUT2D eigenvalue weighted by atomic mass is 9.69. The Labute approximate surface area is 267 Å². The molecule has 0 N–H and O–H groups in total. The zero-order valence-corrected chi connectivity index (χ0v) is 24.9. The first-order valence-corrected chi connectivity index (χ1v) is 16.0. The summed E-state index contributed by atoms with van der Waals surface area (Å²) in [5.41, 5.74) is 15.2. The van der Waals surface area contributed by atoms with Gasteiger partial charge in [-0.25, -0.2) is 0 Å². The van der Waals surface area contributed by atoms with E-state index in [1.54, 1.807) is 0 Å². The van der Waals surface area contributed by atoms with Gasteiger partial charge >= 0.3 is 0 Å². The molecule has 1 aliphatic heterocycles. The Kier molecular flexibility index (Phi) is 4.57. The first kappa shape index (κ1) is 24.4. The summed E-state index contributed by atoms with van der Waals surface area (Å²) in [7, 11) is 0. The van der Waals surface area contributed by atoms with Crippen molar-refractivity contribution in [2.75, 3.05) is 0 Å². The summed E-state index contributed by atoms with van der Waals surface area (Å²) in [6.45, 7) is 0. The third kappa shape index (κ3) is 2.87. The fourth-order valence-corrected chi connectivity index (χ4v) is 8.92. The average Bonchev–Trinajstić information content (AvgIpc) is 3.59. The molecule has 11 rings (SSSR count). The van der Waals surface area contributed by atoms with Crippen molar-refractivity contribution in [1.82, 2.24) is 0 Å². The standard InChI is InChI=1S/C45H26O/c1-2-11-30-27(10-1)20-22-36-31-12-3-6-17-38(31)45(44(30)36)39-18-7-4-13-32(39)37-26-28(21-24-40(37)45)29-23-25-42-43-34(29)15-9-16-35(43)33-14-5-8-19-41(33)46-42/h1-26H. The van der Waals surface area contributed by atoms with Gasteiger partial charge in [-0.3, -0.25) is 0 Å². The first-order chi connectivity index (χ1) is 22.8. The predicted molar refractivity (Wildman–Crippen MR) is 189 cm³/mol. The van der Waals surface area contributed by atoms with E-state index >= 15 is 0 Å². The van der Waals surface area contributed by atoms with Crippen LogP contribution >= 0.6 is 0 Å². The van der Waals surface area contributed by atoms with E-state index in [0.29, 0.717) is 0 Å². The third-order valence-corrected chi connectivity index (χ3v) is 10.7. The predicted octanol–water partition coefficient (Wildman–Crippen LogP) is 11.8. The lowest BCUT2D eigenvalue weighted by molar-refractivity contribution is 0.487. The molecule has 0 bridgehead atoms. The van der Waals surface area contributed by atoms with Crippen LogP contribution in [0.5, 0.6) is 11.5 Å². The molecule has 8 aromatic rings. The van der Waals surface area contributed by atoms with Gasteiger partial charge in [-0.2, -0.15) is 0 Å². The Balaban J connectivity index is 1.21. The van der Waals surface area contributed by atoms with Crippen molar-refractivity contribution in [3.63, 3.8) is 0 Å². The topological polar surface area (TPSA) is 9.23 Å². The minimum Gasteiger partial charge on any atom is -0.456 e. The van der Waals surface area contributed by atoms with Crippen molar-refractivity contribution < 1.29 is 4.74 Å². The summed E-state index contributed by atoms with van der Waals surface area (Å²) in [6, 6.07) is 58.2. The van der Waals surface area contributed by atoms with E-state index in [-0.39, 0.29) is 5.41 Å².